The lowest BCUT2D eigenvalue weighted by Crippen LogP contribution is -2.31. The third-order valence-corrected chi connectivity index (χ3v) is 6.82. The van der Waals surface area contributed by atoms with Gasteiger partial charge in [0.15, 0.2) is 0 Å². The van der Waals surface area contributed by atoms with Gasteiger partial charge in [-0.25, -0.2) is 8.42 Å². The zero-order valence-electron chi connectivity index (χ0n) is 11.2. The van der Waals surface area contributed by atoms with Crippen molar-refractivity contribution < 1.29 is 8.42 Å². The van der Waals surface area contributed by atoms with Gasteiger partial charge in [-0.05, 0) is 49.5 Å². The van der Waals surface area contributed by atoms with Crippen LogP contribution in [0.1, 0.15) is 5.56 Å². The highest BCUT2D eigenvalue weighted by atomic mass is 79.9. The fourth-order valence-corrected chi connectivity index (χ4v) is 5.00. The molecule has 4 nitrogen and oxygen atoms in total. The van der Waals surface area contributed by atoms with E-state index in [2.05, 4.69) is 21.2 Å². The maximum atomic E-state index is 12.6. The molecule has 1 aromatic carbocycles. The van der Waals surface area contributed by atoms with E-state index in [4.69, 9.17) is 0 Å². The first-order chi connectivity index (χ1) is 8.98. The first-order valence-electron chi connectivity index (χ1n) is 6.45. The van der Waals surface area contributed by atoms with Crippen molar-refractivity contribution in [3.8, 4) is 0 Å². The standard InChI is InChI=1S/C13H17BrN2O2S.ClH/c1-9-2-3-12(4-13(9)14)19(17,18)16-7-10-5-15-6-11(10)8-16;/h2-4,10-11,15H,5-8H2,1H3;1H/t10-,11+;. The molecule has 2 fully saturated rings. The molecular weight excluding hydrogens is 364 g/mol. The molecule has 0 saturated carbocycles. The molecule has 0 bridgehead atoms. The van der Waals surface area contributed by atoms with Crippen molar-refractivity contribution >= 4 is 38.4 Å². The van der Waals surface area contributed by atoms with Crippen LogP contribution in [-0.4, -0.2) is 38.9 Å². The van der Waals surface area contributed by atoms with Gasteiger partial charge in [0, 0.05) is 17.6 Å². The van der Waals surface area contributed by atoms with Gasteiger partial charge in [0.05, 0.1) is 4.90 Å². The number of nitrogens with one attached hydrogen (secondary N) is 1. The highest BCUT2D eigenvalue weighted by molar-refractivity contribution is 9.10. The number of fused-ring (bicyclic) bond motifs is 1. The van der Waals surface area contributed by atoms with Gasteiger partial charge in [-0.3, -0.25) is 0 Å². The van der Waals surface area contributed by atoms with Crippen LogP contribution in [0, 0.1) is 18.8 Å². The third-order valence-electron chi connectivity index (χ3n) is 4.14. The molecule has 1 N–H and O–H groups in total. The van der Waals surface area contributed by atoms with E-state index in [1.54, 1.807) is 16.4 Å². The fourth-order valence-electron chi connectivity index (χ4n) is 2.89. The van der Waals surface area contributed by atoms with Crippen molar-refractivity contribution in [1.29, 1.82) is 0 Å². The second kappa shape index (κ2) is 5.93. The summed E-state index contributed by atoms with van der Waals surface area (Å²) in [5, 5.41) is 3.32. The number of nitrogens with zero attached hydrogens (tertiary/aromatic N) is 1. The minimum Gasteiger partial charge on any atom is -0.316 e. The highest BCUT2D eigenvalue weighted by Gasteiger charge is 2.41. The lowest BCUT2D eigenvalue weighted by atomic mass is 10.0. The Labute approximate surface area is 134 Å². The van der Waals surface area contributed by atoms with Crippen molar-refractivity contribution in [2.24, 2.45) is 11.8 Å². The summed E-state index contributed by atoms with van der Waals surface area (Å²) in [7, 11) is -3.34. The van der Waals surface area contributed by atoms with Crippen molar-refractivity contribution in [3.63, 3.8) is 0 Å². The third kappa shape index (κ3) is 2.76. The maximum absolute atomic E-state index is 12.6. The molecule has 2 heterocycles. The molecule has 2 aliphatic heterocycles. The number of benzene rings is 1. The van der Waals surface area contributed by atoms with Gasteiger partial charge in [-0.2, -0.15) is 4.31 Å². The monoisotopic (exact) mass is 380 g/mol. The van der Waals surface area contributed by atoms with Crippen molar-refractivity contribution in [3.05, 3.63) is 28.2 Å². The van der Waals surface area contributed by atoms with E-state index >= 15 is 0 Å². The lowest BCUT2D eigenvalue weighted by molar-refractivity contribution is 0.448. The Bertz CT molecular complexity index is 596. The van der Waals surface area contributed by atoms with E-state index < -0.39 is 10.0 Å². The van der Waals surface area contributed by atoms with Crippen LogP contribution in [0.4, 0.5) is 0 Å². The van der Waals surface area contributed by atoms with Crippen molar-refractivity contribution in [2.75, 3.05) is 26.2 Å². The predicted octanol–water partition coefficient (Wildman–Crippen LogP) is 2.02. The normalized spacial score (nSPS) is 26.3. The first kappa shape index (κ1) is 16.2. The second-order valence-electron chi connectivity index (χ2n) is 5.41. The van der Waals surface area contributed by atoms with E-state index in [-0.39, 0.29) is 12.4 Å². The van der Waals surface area contributed by atoms with Crippen molar-refractivity contribution in [2.45, 2.75) is 11.8 Å². The Morgan fingerprint density at radius 3 is 2.40 bits per heavy atom. The van der Waals surface area contributed by atoms with Gasteiger partial charge in [-0.15, -0.1) is 12.4 Å². The molecule has 0 spiro atoms. The molecule has 20 heavy (non-hydrogen) atoms. The summed E-state index contributed by atoms with van der Waals surface area (Å²) in [6.45, 7) is 5.12. The first-order valence-corrected chi connectivity index (χ1v) is 8.69. The van der Waals surface area contributed by atoms with Crippen LogP contribution in [0.15, 0.2) is 27.6 Å². The number of sulfonamides is 1. The van der Waals surface area contributed by atoms with E-state index in [1.165, 1.54) is 0 Å². The van der Waals surface area contributed by atoms with Crippen LogP contribution in [0.2, 0.25) is 0 Å². The summed E-state index contributed by atoms with van der Waals surface area (Å²) in [4.78, 5) is 0.387. The molecule has 2 aliphatic rings. The molecule has 0 aliphatic carbocycles. The highest BCUT2D eigenvalue weighted by Crippen LogP contribution is 2.31. The maximum Gasteiger partial charge on any atom is 0.243 e. The van der Waals surface area contributed by atoms with Gasteiger partial charge in [-0.1, -0.05) is 22.0 Å². The second-order valence-corrected chi connectivity index (χ2v) is 8.20. The summed E-state index contributed by atoms with van der Waals surface area (Å²) < 4.78 is 27.7. The Hall–Kier alpha value is -0.140. The Morgan fingerprint density at radius 2 is 1.85 bits per heavy atom. The molecule has 0 amide bonds. The van der Waals surface area contributed by atoms with Crippen LogP contribution in [0.25, 0.3) is 0 Å². The zero-order valence-corrected chi connectivity index (χ0v) is 14.4. The quantitative estimate of drug-likeness (QED) is 0.852. The summed E-state index contributed by atoms with van der Waals surface area (Å²) in [5.74, 6) is 0.951. The molecular formula is C13H18BrClN2O2S. The van der Waals surface area contributed by atoms with Gasteiger partial charge in [0.1, 0.15) is 0 Å². The topological polar surface area (TPSA) is 49.4 Å². The average molecular weight is 382 g/mol. The van der Waals surface area contributed by atoms with E-state index in [1.807, 2.05) is 13.0 Å². The molecule has 2 atom stereocenters. The minimum absolute atomic E-state index is 0. The molecule has 3 rings (SSSR count). The Morgan fingerprint density at radius 1 is 1.25 bits per heavy atom. The molecule has 112 valence electrons. The van der Waals surface area contributed by atoms with Crippen LogP contribution in [0.5, 0.6) is 0 Å². The Balaban J connectivity index is 0.00000147. The molecule has 0 unspecified atom stereocenters. The summed E-state index contributed by atoms with van der Waals surface area (Å²) in [5.41, 5.74) is 1.04. The van der Waals surface area contributed by atoms with Crippen LogP contribution >= 0.6 is 28.3 Å². The van der Waals surface area contributed by atoms with E-state index in [0.717, 1.165) is 23.1 Å². The number of rotatable bonds is 2. The lowest BCUT2D eigenvalue weighted by Gasteiger charge is -2.18. The average Bonchev–Trinajstić information content (AvgIpc) is 2.93. The number of hydrogen-bond acceptors (Lipinski definition) is 3. The van der Waals surface area contributed by atoms with Gasteiger partial charge in [0.2, 0.25) is 10.0 Å². The summed E-state index contributed by atoms with van der Waals surface area (Å²) in [6, 6.07) is 5.24. The van der Waals surface area contributed by atoms with Crippen molar-refractivity contribution in [1.82, 2.24) is 9.62 Å². The van der Waals surface area contributed by atoms with Crippen LogP contribution < -0.4 is 5.32 Å². The van der Waals surface area contributed by atoms with Gasteiger partial charge >= 0.3 is 0 Å². The number of aryl methyl sites for hydroxylation is 1. The smallest absolute Gasteiger partial charge is 0.243 e. The fraction of sp³-hybridized carbons (Fsp3) is 0.538. The summed E-state index contributed by atoms with van der Waals surface area (Å²) in [6.07, 6.45) is 0. The molecule has 1 aromatic rings. The molecule has 7 heteroatoms. The SMILES string of the molecule is Cc1ccc(S(=O)(=O)N2C[C@H]3CNC[C@H]3C2)cc1Br.Cl. The van der Waals surface area contributed by atoms with E-state index in [0.29, 0.717) is 29.8 Å². The number of hydrogen-bond donors (Lipinski definition) is 1. The van der Waals surface area contributed by atoms with Crippen LogP contribution in [-0.2, 0) is 10.0 Å². The zero-order chi connectivity index (χ0) is 13.6. The minimum atomic E-state index is -3.34. The van der Waals surface area contributed by atoms with Gasteiger partial charge < -0.3 is 5.32 Å². The summed E-state index contributed by atoms with van der Waals surface area (Å²) >= 11 is 3.40. The molecule has 0 aromatic heterocycles. The Kier molecular flexibility index (Phi) is 4.81. The largest absolute Gasteiger partial charge is 0.316 e. The van der Waals surface area contributed by atoms with Crippen LogP contribution in [0.3, 0.4) is 0 Å². The van der Waals surface area contributed by atoms with E-state index in [9.17, 15) is 8.42 Å². The molecule has 0 radical (unpaired) electrons. The molecule has 2 saturated heterocycles. The predicted molar refractivity (Wildman–Crippen MR) is 84.7 cm³/mol. The van der Waals surface area contributed by atoms with Gasteiger partial charge in [0.25, 0.3) is 0 Å². The number of halogens is 2.